The van der Waals surface area contributed by atoms with Gasteiger partial charge < -0.3 is 10.1 Å². The zero-order valence-electron chi connectivity index (χ0n) is 12.2. The lowest BCUT2D eigenvalue weighted by Crippen LogP contribution is -2.40. The summed E-state index contributed by atoms with van der Waals surface area (Å²) in [6.07, 6.45) is 4.62. The van der Waals surface area contributed by atoms with Crippen LogP contribution in [-0.2, 0) is 9.53 Å². The van der Waals surface area contributed by atoms with Gasteiger partial charge in [-0.05, 0) is 55.7 Å². The van der Waals surface area contributed by atoms with Crippen molar-refractivity contribution in [3.63, 3.8) is 0 Å². The average Bonchev–Trinajstić information content (AvgIpc) is 3.00. The van der Waals surface area contributed by atoms with E-state index in [1.807, 2.05) is 6.07 Å². The van der Waals surface area contributed by atoms with E-state index in [0.29, 0.717) is 12.5 Å². The molecular weight excluding hydrogens is 269 g/mol. The zero-order valence-corrected chi connectivity index (χ0v) is 12.2. The summed E-state index contributed by atoms with van der Waals surface area (Å²) in [6.45, 7) is 1.39. The Morgan fingerprint density at radius 1 is 1.19 bits per heavy atom. The predicted octanol–water partition coefficient (Wildman–Crippen LogP) is 3.00. The number of hydrogen-bond acceptors (Lipinski definition) is 2. The third kappa shape index (κ3) is 3.62. The van der Waals surface area contributed by atoms with E-state index in [2.05, 4.69) is 5.32 Å². The number of carbonyl (C=O) groups is 1. The number of carbonyl (C=O) groups excluding carboxylic acids is 1. The van der Waals surface area contributed by atoms with Crippen LogP contribution in [-0.4, -0.2) is 25.2 Å². The normalized spacial score (nSPS) is 29.3. The highest BCUT2D eigenvalue weighted by Gasteiger charge is 2.29. The van der Waals surface area contributed by atoms with Crippen molar-refractivity contribution < 1.29 is 13.9 Å². The van der Waals surface area contributed by atoms with Crippen LogP contribution in [0.2, 0.25) is 0 Å². The molecule has 2 aliphatic rings. The number of nitrogens with one attached hydrogen (secondary N) is 1. The lowest BCUT2D eigenvalue weighted by molar-refractivity contribution is -0.126. The molecular formula is C17H22FNO2. The molecule has 1 heterocycles. The number of hydrogen-bond donors (Lipinski definition) is 1. The smallest absolute Gasteiger partial charge is 0.223 e. The quantitative estimate of drug-likeness (QED) is 0.929. The van der Waals surface area contributed by atoms with Gasteiger partial charge in [0, 0.05) is 12.5 Å². The third-order valence-corrected chi connectivity index (χ3v) is 4.69. The largest absolute Gasteiger partial charge is 0.379 e. The standard InChI is InChI=1S/C17H22FNO2/c18-15-3-1-2-14(10-15)12-4-6-13(7-5-12)17(20)19-16-8-9-21-11-16/h1-3,10,12-13,16H,4-9,11H2,(H,19,20)/t12?,13?,16-/m1/s1. The molecule has 1 saturated carbocycles. The molecule has 0 spiro atoms. The predicted molar refractivity (Wildman–Crippen MR) is 78.5 cm³/mol. The van der Waals surface area contributed by atoms with Crippen molar-refractivity contribution in [2.75, 3.05) is 13.2 Å². The van der Waals surface area contributed by atoms with E-state index < -0.39 is 0 Å². The summed E-state index contributed by atoms with van der Waals surface area (Å²) in [5.41, 5.74) is 1.07. The van der Waals surface area contributed by atoms with Crippen LogP contribution < -0.4 is 5.32 Å². The Hall–Kier alpha value is -1.42. The topological polar surface area (TPSA) is 38.3 Å². The first-order valence-electron chi connectivity index (χ1n) is 7.86. The number of ether oxygens (including phenoxy) is 1. The molecule has 0 bridgehead atoms. The Kier molecular flexibility index (Phi) is 4.54. The Morgan fingerprint density at radius 3 is 2.67 bits per heavy atom. The van der Waals surface area contributed by atoms with Gasteiger partial charge in [-0.25, -0.2) is 4.39 Å². The van der Waals surface area contributed by atoms with Gasteiger partial charge in [0.15, 0.2) is 0 Å². The fraction of sp³-hybridized carbons (Fsp3) is 0.588. The van der Waals surface area contributed by atoms with Crippen molar-refractivity contribution >= 4 is 5.91 Å². The van der Waals surface area contributed by atoms with Crippen LogP contribution in [0, 0.1) is 11.7 Å². The molecule has 3 rings (SSSR count). The van der Waals surface area contributed by atoms with E-state index in [1.165, 1.54) is 6.07 Å². The second-order valence-electron chi connectivity index (χ2n) is 6.17. The van der Waals surface area contributed by atoms with Crippen molar-refractivity contribution in [2.24, 2.45) is 5.92 Å². The van der Waals surface area contributed by atoms with Crippen LogP contribution in [0.15, 0.2) is 24.3 Å². The molecule has 1 saturated heterocycles. The van der Waals surface area contributed by atoms with Crippen LogP contribution in [0.4, 0.5) is 4.39 Å². The van der Waals surface area contributed by atoms with Crippen molar-refractivity contribution in [3.05, 3.63) is 35.6 Å². The first kappa shape index (κ1) is 14.5. The zero-order chi connectivity index (χ0) is 14.7. The van der Waals surface area contributed by atoms with Gasteiger partial charge in [-0.2, -0.15) is 0 Å². The minimum Gasteiger partial charge on any atom is -0.379 e. The number of amides is 1. The second-order valence-corrected chi connectivity index (χ2v) is 6.17. The van der Waals surface area contributed by atoms with Gasteiger partial charge in [0.2, 0.25) is 5.91 Å². The van der Waals surface area contributed by atoms with E-state index in [0.717, 1.165) is 44.3 Å². The van der Waals surface area contributed by atoms with Crippen LogP contribution in [0.25, 0.3) is 0 Å². The Bertz CT molecular complexity index is 491. The number of benzene rings is 1. The molecule has 0 aromatic heterocycles. The third-order valence-electron chi connectivity index (χ3n) is 4.69. The van der Waals surface area contributed by atoms with Gasteiger partial charge >= 0.3 is 0 Å². The summed E-state index contributed by atoms with van der Waals surface area (Å²) in [4.78, 5) is 12.2. The Balaban J connectivity index is 1.51. The van der Waals surface area contributed by atoms with Crippen LogP contribution in [0.3, 0.4) is 0 Å². The SMILES string of the molecule is O=C(N[C@@H]1CCOC1)C1CCC(c2cccc(F)c2)CC1. The first-order valence-corrected chi connectivity index (χ1v) is 7.86. The summed E-state index contributed by atoms with van der Waals surface area (Å²) >= 11 is 0. The summed E-state index contributed by atoms with van der Waals surface area (Å²) < 4.78 is 18.6. The molecule has 1 N–H and O–H groups in total. The molecule has 1 aliphatic heterocycles. The Morgan fingerprint density at radius 2 is 2.00 bits per heavy atom. The van der Waals surface area contributed by atoms with Crippen molar-refractivity contribution in [1.29, 1.82) is 0 Å². The molecule has 2 fully saturated rings. The van der Waals surface area contributed by atoms with Crippen LogP contribution >= 0.6 is 0 Å². The summed E-state index contributed by atoms with van der Waals surface area (Å²) in [5, 5.41) is 3.09. The molecule has 1 aliphatic carbocycles. The van der Waals surface area contributed by atoms with Crippen molar-refractivity contribution in [3.8, 4) is 0 Å². The fourth-order valence-electron chi connectivity index (χ4n) is 3.42. The monoisotopic (exact) mass is 291 g/mol. The van der Waals surface area contributed by atoms with Gasteiger partial charge in [-0.1, -0.05) is 12.1 Å². The molecule has 21 heavy (non-hydrogen) atoms. The number of rotatable bonds is 3. The molecule has 0 unspecified atom stereocenters. The van der Waals surface area contributed by atoms with Gasteiger partial charge in [-0.3, -0.25) is 4.79 Å². The first-order chi connectivity index (χ1) is 10.2. The molecule has 1 atom stereocenters. The molecule has 4 heteroatoms. The van der Waals surface area contributed by atoms with Gasteiger partial charge in [-0.15, -0.1) is 0 Å². The maximum Gasteiger partial charge on any atom is 0.223 e. The maximum atomic E-state index is 13.3. The maximum absolute atomic E-state index is 13.3. The fourth-order valence-corrected chi connectivity index (χ4v) is 3.42. The van der Waals surface area contributed by atoms with E-state index in [4.69, 9.17) is 4.74 Å². The van der Waals surface area contributed by atoms with Gasteiger partial charge in [0.25, 0.3) is 0 Å². The molecule has 1 aromatic rings. The second kappa shape index (κ2) is 6.56. The minimum absolute atomic E-state index is 0.107. The lowest BCUT2D eigenvalue weighted by Gasteiger charge is -2.28. The summed E-state index contributed by atoms with van der Waals surface area (Å²) in [5.74, 6) is 0.492. The van der Waals surface area contributed by atoms with E-state index in [1.54, 1.807) is 12.1 Å². The van der Waals surface area contributed by atoms with Gasteiger partial charge in [0.05, 0.1) is 12.6 Å². The van der Waals surface area contributed by atoms with Crippen molar-refractivity contribution in [2.45, 2.75) is 44.1 Å². The van der Waals surface area contributed by atoms with Crippen LogP contribution in [0.5, 0.6) is 0 Å². The summed E-state index contributed by atoms with van der Waals surface area (Å²) in [6, 6.07) is 7.05. The highest BCUT2D eigenvalue weighted by atomic mass is 19.1. The van der Waals surface area contributed by atoms with E-state index >= 15 is 0 Å². The van der Waals surface area contributed by atoms with Crippen LogP contribution in [0.1, 0.15) is 43.6 Å². The molecule has 3 nitrogen and oxygen atoms in total. The molecule has 0 radical (unpaired) electrons. The molecule has 1 aromatic carbocycles. The highest BCUT2D eigenvalue weighted by Crippen LogP contribution is 2.36. The van der Waals surface area contributed by atoms with E-state index in [-0.39, 0.29) is 23.7 Å². The summed E-state index contributed by atoms with van der Waals surface area (Å²) in [7, 11) is 0. The molecule has 114 valence electrons. The minimum atomic E-state index is -0.173. The van der Waals surface area contributed by atoms with Gasteiger partial charge in [0.1, 0.15) is 5.82 Å². The highest BCUT2D eigenvalue weighted by molar-refractivity contribution is 5.79. The molecule has 1 amide bonds. The van der Waals surface area contributed by atoms with Crippen molar-refractivity contribution in [1.82, 2.24) is 5.32 Å². The number of halogens is 1. The lowest BCUT2D eigenvalue weighted by atomic mass is 9.78. The average molecular weight is 291 g/mol. The van der Waals surface area contributed by atoms with E-state index in [9.17, 15) is 9.18 Å². The Labute approximate surface area is 124 Å².